The van der Waals surface area contributed by atoms with Crippen LogP contribution >= 0.6 is 0 Å². The summed E-state index contributed by atoms with van der Waals surface area (Å²) < 4.78 is 13.8. The average Bonchev–Trinajstić information content (AvgIpc) is 2.46. The van der Waals surface area contributed by atoms with Gasteiger partial charge in [0.25, 0.3) is 5.91 Å². The summed E-state index contributed by atoms with van der Waals surface area (Å²) in [5, 5.41) is 19.5. The normalized spacial score (nSPS) is 12.0. The minimum atomic E-state index is -0.582. The highest BCUT2D eigenvalue weighted by Crippen LogP contribution is 2.30. The van der Waals surface area contributed by atoms with Crippen LogP contribution in [-0.4, -0.2) is 28.1 Å². The van der Waals surface area contributed by atoms with E-state index in [1.807, 2.05) is 0 Å². The summed E-state index contributed by atoms with van der Waals surface area (Å²) in [6, 6.07) is 9.69. The number of carbonyl (C=O) groups is 1. The SMILES string of the molecule is CC(c1ccccc1F)N(C)C(=O)c1c(O)cccc1O. The van der Waals surface area contributed by atoms with Crippen LogP contribution in [0.5, 0.6) is 11.5 Å². The molecule has 2 aromatic carbocycles. The minimum absolute atomic E-state index is 0.191. The van der Waals surface area contributed by atoms with E-state index in [4.69, 9.17) is 0 Å². The molecule has 0 radical (unpaired) electrons. The first-order valence-electron chi connectivity index (χ1n) is 6.46. The smallest absolute Gasteiger partial charge is 0.261 e. The molecule has 110 valence electrons. The zero-order valence-electron chi connectivity index (χ0n) is 11.7. The van der Waals surface area contributed by atoms with E-state index in [1.165, 1.54) is 36.2 Å². The predicted molar refractivity (Wildman–Crippen MR) is 76.7 cm³/mol. The Morgan fingerprint density at radius 1 is 1.10 bits per heavy atom. The van der Waals surface area contributed by atoms with Crippen molar-refractivity contribution in [2.45, 2.75) is 13.0 Å². The van der Waals surface area contributed by atoms with Gasteiger partial charge in [0, 0.05) is 12.6 Å². The summed E-state index contributed by atoms with van der Waals surface area (Å²) >= 11 is 0. The highest BCUT2D eigenvalue weighted by Gasteiger charge is 2.25. The lowest BCUT2D eigenvalue weighted by Crippen LogP contribution is -2.30. The third-order valence-electron chi connectivity index (χ3n) is 3.49. The zero-order chi connectivity index (χ0) is 15.6. The van der Waals surface area contributed by atoms with E-state index in [2.05, 4.69) is 0 Å². The summed E-state index contributed by atoms with van der Waals surface area (Å²) in [6.45, 7) is 1.67. The van der Waals surface area contributed by atoms with Gasteiger partial charge in [0.05, 0.1) is 6.04 Å². The maximum Gasteiger partial charge on any atom is 0.261 e. The Morgan fingerprint density at radius 2 is 1.67 bits per heavy atom. The van der Waals surface area contributed by atoms with Gasteiger partial charge in [-0.2, -0.15) is 0 Å². The van der Waals surface area contributed by atoms with Crippen molar-refractivity contribution in [1.82, 2.24) is 4.90 Å². The zero-order valence-corrected chi connectivity index (χ0v) is 11.7. The van der Waals surface area contributed by atoms with E-state index in [-0.39, 0.29) is 17.1 Å². The fourth-order valence-corrected chi connectivity index (χ4v) is 2.12. The van der Waals surface area contributed by atoms with E-state index in [1.54, 1.807) is 25.1 Å². The maximum absolute atomic E-state index is 13.8. The first-order chi connectivity index (χ1) is 9.93. The molecule has 21 heavy (non-hydrogen) atoms. The molecular weight excluding hydrogens is 273 g/mol. The van der Waals surface area contributed by atoms with E-state index in [9.17, 15) is 19.4 Å². The van der Waals surface area contributed by atoms with Gasteiger partial charge >= 0.3 is 0 Å². The number of hydrogen-bond acceptors (Lipinski definition) is 3. The summed E-state index contributed by atoms with van der Waals surface area (Å²) in [5.41, 5.74) is 0.173. The van der Waals surface area contributed by atoms with Gasteiger partial charge in [-0.25, -0.2) is 4.39 Å². The summed E-state index contributed by atoms with van der Waals surface area (Å²) in [7, 11) is 1.49. The Bertz CT molecular complexity index is 652. The number of phenolic OH excluding ortho intramolecular Hbond substituents is 2. The van der Waals surface area contributed by atoms with Gasteiger partial charge in [-0.05, 0) is 25.1 Å². The molecule has 0 aromatic heterocycles. The second-order valence-electron chi connectivity index (χ2n) is 4.78. The van der Waals surface area contributed by atoms with Crippen LogP contribution in [0.3, 0.4) is 0 Å². The Kier molecular flexibility index (Phi) is 4.12. The third-order valence-corrected chi connectivity index (χ3v) is 3.49. The molecule has 0 fully saturated rings. The molecule has 2 rings (SSSR count). The molecular formula is C16H16FNO3. The largest absolute Gasteiger partial charge is 0.507 e. The van der Waals surface area contributed by atoms with Crippen LogP contribution in [0.1, 0.15) is 28.9 Å². The molecule has 0 spiro atoms. The Morgan fingerprint density at radius 3 is 2.24 bits per heavy atom. The van der Waals surface area contributed by atoms with Gasteiger partial charge in [-0.1, -0.05) is 24.3 Å². The van der Waals surface area contributed by atoms with Crippen LogP contribution in [0, 0.1) is 5.82 Å². The molecule has 2 aromatic rings. The molecule has 1 amide bonds. The average molecular weight is 289 g/mol. The van der Waals surface area contributed by atoms with Crippen molar-refractivity contribution < 1.29 is 19.4 Å². The van der Waals surface area contributed by atoms with Crippen molar-refractivity contribution >= 4 is 5.91 Å². The molecule has 0 aliphatic heterocycles. The molecule has 0 aliphatic carbocycles. The molecule has 1 unspecified atom stereocenters. The van der Waals surface area contributed by atoms with E-state index in [0.717, 1.165) is 0 Å². The third kappa shape index (κ3) is 2.81. The molecule has 1 atom stereocenters. The Hall–Kier alpha value is -2.56. The number of aromatic hydroxyl groups is 2. The number of hydrogen-bond donors (Lipinski definition) is 2. The standard InChI is InChI=1S/C16H16FNO3/c1-10(11-6-3-4-7-12(11)17)18(2)16(21)15-13(19)8-5-9-14(15)20/h3-10,19-20H,1-2H3. The van der Waals surface area contributed by atoms with Crippen LogP contribution < -0.4 is 0 Å². The van der Waals surface area contributed by atoms with Crippen LogP contribution in [0.25, 0.3) is 0 Å². The second kappa shape index (κ2) is 5.83. The summed E-state index contributed by atoms with van der Waals surface area (Å²) in [4.78, 5) is 13.7. The van der Waals surface area contributed by atoms with Gasteiger partial charge in [0.2, 0.25) is 0 Å². The van der Waals surface area contributed by atoms with E-state index in [0.29, 0.717) is 5.56 Å². The van der Waals surface area contributed by atoms with Crippen LogP contribution in [-0.2, 0) is 0 Å². The Balaban J connectivity index is 2.34. The quantitative estimate of drug-likeness (QED) is 0.913. The van der Waals surface area contributed by atoms with Crippen LogP contribution in [0.2, 0.25) is 0 Å². The van der Waals surface area contributed by atoms with Crippen molar-refractivity contribution in [2.75, 3.05) is 7.05 Å². The van der Waals surface area contributed by atoms with Gasteiger partial charge < -0.3 is 15.1 Å². The van der Waals surface area contributed by atoms with Gasteiger partial charge in [-0.3, -0.25) is 4.79 Å². The monoisotopic (exact) mass is 289 g/mol. The number of phenols is 2. The van der Waals surface area contributed by atoms with Crippen molar-refractivity contribution in [3.05, 3.63) is 59.4 Å². The highest BCUT2D eigenvalue weighted by molar-refractivity contribution is 5.99. The number of benzene rings is 2. The molecule has 5 heteroatoms. The maximum atomic E-state index is 13.8. The fraction of sp³-hybridized carbons (Fsp3) is 0.188. The molecule has 0 aliphatic rings. The topological polar surface area (TPSA) is 60.8 Å². The molecule has 4 nitrogen and oxygen atoms in total. The lowest BCUT2D eigenvalue weighted by atomic mass is 10.0. The lowest BCUT2D eigenvalue weighted by Gasteiger charge is -2.26. The van der Waals surface area contributed by atoms with Gasteiger partial charge in [0.1, 0.15) is 22.9 Å². The van der Waals surface area contributed by atoms with Gasteiger partial charge in [-0.15, -0.1) is 0 Å². The van der Waals surface area contributed by atoms with E-state index < -0.39 is 17.8 Å². The summed E-state index contributed by atoms with van der Waals surface area (Å²) in [6.07, 6.45) is 0. The fourth-order valence-electron chi connectivity index (χ4n) is 2.12. The molecule has 2 N–H and O–H groups in total. The minimum Gasteiger partial charge on any atom is -0.507 e. The van der Waals surface area contributed by atoms with Crippen molar-refractivity contribution in [3.63, 3.8) is 0 Å². The van der Waals surface area contributed by atoms with Crippen LogP contribution in [0.4, 0.5) is 4.39 Å². The predicted octanol–water partition coefficient (Wildman–Crippen LogP) is 3.07. The second-order valence-corrected chi connectivity index (χ2v) is 4.78. The summed E-state index contributed by atoms with van der Waals surface area (Å²) in [5.74, 6) is -1.62. The van der Waals surface area contributed by atoms with Crippen LogP contribution in [0.15, 0.2) is 42.5 Å². The molecule has 0 saturated heterocycles. The highest BCUT2D eigenvalue weighted by atomic mass is 19.1. The molecule has 0 saturated carbocycles. The first kappa shape index (κ1) is 14.8. The number of rotatable bonds is 3. The number of amides is 1. The number of halogens is 1. The van der Waals surface area contributed by atoms with Gasteiger partial charge in [0.15, 0.2) is 0 Å². The van der Waals surface area contributed by atoms with E-state index >= 15 is 0 Å². The van der Waals surface area contributed by atoms with Crippen molar-refractivity contribution in [2.24, 2.45) is 0 Å². The molecule has 0 heterocycles. The number of nitrogens with zero attached hydrogens (tertiary/aromatic N) is 1. The van der Waals surface area contributed by atoms with Crippen molar-refractivity contribution in [1.29, 1.82) is 0 Å². The number of carbonyl (C=O) groups excluding carboxylic acids is 1. The Labute approximate surface area is 122 Å². The molecule has 0 bridgehead atoms. The lowest BCUT2D eigenvalue weighted by molar-refractivity contribution is 0.0734. The first-order valence-corrected chi connectivity index (χ1v) is 6.46. The van der Waals surface area contributed by atoms with Crippen molar-refractivity contribution in [3.8, 4) is 11.5 Å².